The molecule has 0 spiro atoms. The van der Waals surface area contributed by atoms with Gasteiger partial charge in [-0.15, -0.1) is 0 Å². The van der Waals surface area contributed by atoms with Crippen molar-refractivity contribution < 1.29 is 40.9 Å². The lowest BCUT2D eigenvalue weighted by molar-refractivity contribution is 0.183. The lowest BCUT2D eigenvalue weighted by Crippen LogP contribution is -2.12. The van der Waals surface area contributed by atoms with Crippen LogP contribution in [0.15, 0.2) is 0 Å². The second-order valence-electron chi connectivity index (χ2n) is 5.02. The highest BCUT2D eigenvalue weighted by Gasteiger charge is 2.26. The monoisotopic (exact) mass is 338 g/mol. The summed E-state index contributed by atoms with van der Waals surface area (Å²) in [5.74, 6) is -2.53. The first-order valence-electron chi connectivity index (χ1n) is 6.65. The molecule has 3 rings (SSSR count). The van der Waals surface area contributed by atoms with Crippen LogP contribution in [-0.4, -0.2) is 50.0 Å². The van der Waals surface area contributed by atoms with Crippen LogP contribution in [0.1, 0.15) is 0 Å². The molecule has 0 bridgehead atoms. The van der Waals surface area contributed by atoms with Crippen LogP contribution < -0.4 is 10.4 Å². The van der Waals surface area contributed by atoms with Crippen LogP contribution in [0.4, 0.5) is 0 Å². The molecule has 10 heteroatoms. The molecule has 8 N–H and O–H groups in total. The summed E-state index contributed by atoms with van der Waals surface area (Å²) in [6.45, 7) is -1.61. The number of aromatic hydroxyl groups is 4. The van der Waals surface area contributed by atoms with Gasteiger partial charge in [-0.1, -0.05) is 0 Å². The molecule has 0 aliphatic carbocycles. The third kappa shape index (κ3) is 1.60. The molecule has 0 fully saturated rings. The second kappa shape index (κ2) is 5.15. The predicted molar refractivity (Wildman–Crippen MR) is 82.0 cm³/mol. The first-order valence-corrected chi connectivity index (χ1v) is 6.65. The minimum absolute atomic E-state index is 0.178. The highest BCUT2D eigenvalue weighted by Crippen LogP contribution is 2.38. The Labute approximate surface area is 132 Å². The second-order valence-corrected chi connectivity index (χ2v) is 5.02. The van der Waals surface area contributed by atoms with Crippen molar-refractivity contribution in [3.05, 3.63) is 10.4 Å². The quantitative estimate of drug-likeness (QED) is 0.291. The number of aliphatic hydroxyl groups excluding tert-OH is 4. The lowest BCUT2D eigenvalue weighted by Gasteiger charge is -2.00. The molecule has 128 valence electrons. The fourth-order valence-corrected chi connectivity index (χ4v) is 2.98. The van der Waals surface area contributed by atoms with E-state index in [-0.39, 0.29) is 32.0 Å². The number of hydrogen-bond donors (Lipinski definition) is 8. The highest BCUT2D eigenvalue weighted by molar-refractivity contribution is 6.08. The molecule has 1 aromatic carbocycles. The van der Waals surface area contributed by atoms with Crippen molar-refractivity contribution in [2.75, 3.05) is 0 Å². The van der Waals surface area contributed by atoms with Crippen LogP contribution in [0, 0.1) is 0 Å². The fourth-order valence-electron chi connectivity index (χ4n) is 2.98. The summed E-state index contributed by atoms with van der Waals surface area (Å²) in [6, 6.07) is 0. The molecule has 2 heterocycles. The molecule has 24 heavy (non-hydrogen) atoms. The number of hydrogen-bond acceptors (Lipinski definition) is 8. The third-order valence-electron chi connectivity index (χ3n) is 4.04. The highest BCUT2D eigenvalue weighted by atomic mass is 16.3. The Bertz CT molecular complexity index is 934. The van der Waals surface area contributed by atoms with Gasteiger partial charge >= 0.3 is 0 Å². The molecular formula is C14H14N2O8. The van der Waals surface area contributed by atoms with E-state index >= 15 is 0 Å². The third-order valence-corrected chi connectivity index (χ3v) is 4.04. The molecule has 0 radical (unpaired) electrons. The zero-order valence-electron chi connectivity index (χ0n) is 12.0. The summed E-state index contributed by atoms with van der Waals surface area (Å²) < 4.78 is 1.38. The number of aromatic nitrogens is 2. The molecule has 2 aromatic heterocycles. The van der Waals surface area contributed by atoms with Crippen molar-refractivity contribution in [2.24, 2.45) is 0 Å². The summed E-state index contributed by atoms with van der Waals surface area (Å²) in [5.41, 5.74) is 0. The van der Waals surface area contributed by atoms with Crippen molar-refractivity contribution in [2.45, 2.75) is 13.5 Å². The summed E-state index contributed by atoms with van der Waals surface area (Å²) in [5, 5.41) is 77.4. The van der Waals surface area contributed by atoms with Crippen LogP contribution in [0.5, 0.6) is 23.5 Å². The molecule has 0 saturated carbocycles. The number of benzene rings is 1. The van der Waals surface area contributed by atoms with Crippen LogP contribution >= 0.6 is 0 Å². The largest absolute Gasteiger partial charge is 0.515 e. The molecular weight excluding hydrogens is 324 g/mol. The van der Waals surface area contributed by atoms with Crippen molar-refractivity contribution in [3.8, 4) is 23.5 Å². The molecule has 0 saturated heterocycles. The van der Waals surface area contributed by atoms with Crippen LogP contribution in [-0.2, 0) is 13.5 Å². The Kier molecular flexibility index (Phi) is 3.36. The van der Waals surface area contributed by atoms with Gasteiger partial charge in [0.2, 0.25) is 23.5 Å². The average Bonchev–Trinajstić information content (AvgIpc) is 2.97. The number of nitrogens with zero attached hydrogens (tertiary/aromatic N) is 2. The Morgan fingerprint density at radius 3 is 1.00 bits per heavy atom. The Balaban J connectivity index is 2.85. The summed E-state index contributed by atoms with van der Waals surface area (Å²) >= 11 is 0. The molecule has 0 atom stereocenters. The van der Waals surface area contributed by atoms with Crippen molar-refractivity contribution in [1.82, 2.24) is 9.13 Å². The van der Waals surface area contributed by atoms with Crippen LogP contribution in [0.25, 0.3) is 34.1 Å². The molecule has 3 aromatic rings. The van der Waals surface area contributed by atoms with E-state index in [1.807, 2.05) is 0 Å². The van der Waals surface area contributed by atoms with E-state index in [2.05, 4.69) is 0 Å². The van der Waals surface area contributed by atoms with Gasteiger partial charge in [0.1, 0.15) is 13.5 Å². The lowest BCUT2D eigenvalue weighted by atomic mass is 10.0. The minimum atomic E-state index is -0.805. The topological polar surface area (TPSA) is 172 Å². The normalized spacial score (nSPS) is 11.4. The first-order chi connectivity index (χ1) is 11.4. The Morgan fingerprint density at radius 2 is 0.833 bits per heavy atom. The van der Waals surface area contributed by atoms with E-state index in [9.17, 15) is 40.9 Å². The smallest absolute Gasteiger partial charge is 0.204 e. The van der Waals surface area contributed by atoms with Crippen molar-refractivity contribution >= 4 is 34.1 Å². The number of fused-ring (bicyclic) bond motifs is 2. The standard InChI is InChI=1S/C14H14N2O8/c17-1-5-7-9(13(23)15(3-19)11(7)21)6(2-18)10-8(5)12(22)16(4-20)14(10)24/h1-2,17-24H,3-4H2. The maximum Gasteiger partial charge on any atom is 0.204 e. The van der Waals surface area contributed by atoms with Gasteiger partial charge in [-0.3, -0.25) is 9.13 Å². The maximum atomic E-state index is 10.2. The van der Waals surface area contributed by atoms with E-state index in [0.29, 0.717) is 21.7 Å². The summed E-state index contributed by atoms with van der Waals surface area (Å²) in [7, 11) is 0. The average molecular weight is 338 g/mol. The van der Waals surface area contributed by atoms with Gasteiger partial charge in [-0.05, 0) is 0 Å². The van der Waals surface area contributed by atoms with Crippen molar-refractivity contribution in [3.63, 3.8) is 0 Å². The first kappa shape index (κ1) is 15.6. The summed E-state index contributed by atoms with van der Waals surface area (Å²) in [4.78, 5) is 0. The van der Waals surface area contributed by atoms with Gasteiger partial charge in [0.25, 0.3) is 0 Å². The van der Waals surface area contributed by atoms with Crippen LogP contribution in [0.3, 0.4) is 0 Å². The molecule has 0 unspecified atom stereocenters. The van der Waals surface area contributed by atoms with Gasteiger partial charge in [0, 0.05) is 10.4 Å². The Morgan fingerprint density at radius 1 is 0.583 bits per heavy atom. The molecule has 0 amide bonds. The van der Waals surface area contributed by atoms with E-state index < -0.39 is 37.0 Å². The predicted octanol–water partition coefficient (Wildman–Crippen LogP) is -1.09. The number of aliphatic hydroxyl groups is 4. The van der Waals surface area contributed by atoms with Gasteiger partial charge < -0.3 is 40.9 Å². The van der Waals surface area contributed by atoms with E-state index in [1.54, 1.807) is 0 Å². The van der Waals surface area contributed by atoms with Gasteiger partial charge in [-0.25, -0.2) is 0 Å². The Hall–Kier alpha value is -3.24. The van der Waals surface area contributed by atoms with Crippen LogP contribution in [0.2, 0.25) is 0 Å². The molecule has 0 aliphatic heterocycles. The SMILES string of the molecule is OC=c1c2c(O)n(CO)c(O)c2c(=CO)c2c(O)n(CO)c(O)c12. The van der Waals surface area contributed by atoms with E-state index in [4.69, 9.17) is 0 Å². The van der Waals surface area contributed by atoms with E-state index in [0.717, 1.165) is 0 Å². The zero-order valence-corrected chi connectivity index (χ0v) is 12.0. The zero-order chi connectivity index (χ0) is 17.8. The minimum Gasteiger partial charge on any atom is -0.515 e. The summed E-state index contributed by atoms with van der Waals surface area (Å²) in [6.07, 6.45) is 1.04. The van der Waals surface area contributed by atoms with E-state index in [1.165, 1.54) is 0 Å². The van der Waals surface area contributed by atoms with Crippen molar-refractivity contribution in [1.29, 1.82) is 0 Å². The van der Waals surface area contributed by atoms with Gasteiger partial charge in [0.05, 0.1) is 34.1 Å². The van der Waals surface area contributed by atoms with Gasteiger partial charge in [-0.2, -0.15) is 0 Å². The number of rotatable bonds is 2. The van der Waals surface area contributed by atoms with Gasteiger partial charge in [0.15, 0.2) is 0 Å². The molecule has 10 nitrogen and oxygen atoms in total. The maximum absolute atomic E-state index is 10.2. The fraction of sp³-hybridized carbons (Fsp3) is 0.143. The molecule has 0 aliphatic rings.